The van der Waals surface area contributed by atoms with Gasteiger partial charge in [-0.25, -0.2) is 0 Å². The van der Waals surface area contributed by atoms with E-state index in [1.165, 1.54) is 0 Å². The third-order valence-corrected chi connectivity index (χ3v) is 4.28. The average molecular weight is 377 g/mol. The second-order valence-corrected chi connectivity index (χ2v) is 6.66. The van der Waals surface area contributed by atoms with Gasteiger partial charge < -0.3 is 19.7 Å². The van der Waals surface area contributed by atoms with Crippen molar-refractivity contribution >= 4 is 17.5 Å². The molecule has 0 aliphatic carbocycles. The van der Waals surface area contributed by atoms with Crippen molar-refractivity contribution in [3.63, 3.8) is 0 Å². The summed E-state index contributed by atoms with van der Waals surface area (Å²) in [7, 11) is 5.59. The quantitative estimate of drug-likeness (QED) is 0.765. The maximum Gasteiger partial charge on any atom is 0.260 e. The van der Waals surface area contributed by atoms with Crippen LogP contribution in [0.15, 0.2) is 48.5 Å². The van der Waals surface area contributed by atoms with Gasteiger partial charge in [0.15, 0.2) is 6.10 Å². The topological polar surface area (TPSA) is 50.8 Å². The van der Waals surface area contributed by atoms with Crippen LogP contribution in [-0.2, 0) is 4.79 Å². The molecule has 1 N–H and O–H groups in total. The Morgan fingerprint density at radius 3 is 2.50 bits per heavy atom. The van der Waals surface area contributed by atoms with Gasteiger partial charge in [0.2, 0.25) is 0 Å². The average Bonchev–Trinajstić information content (AvgIpc) is 2.61. The van der Waals surface area contributed by atoms with Gasteiger partial charge in [-0.1, -0.05) is 29.8 Å². The molecule has 0 saturated carbocycles. The van der Waals surface area contributed by atoms with Crippen LogP contribution in [0, 0.1) is 0 Å². The van der Waals surface area contributed by atoms with Crippen LogP contribution in [-0.4, -0.2) is 44.7 Å². The molecule has 0 aromatic heterocycles. The summed E-state index contributed by atoms with van der Waals surface area (Å²) in [6, 6.07) is 14.9. The molecule has 2 atom stereocenters. The number of nitrogens with zero attached hydrogens (tertiary/aromatic N) is 1. The fourth-order valence-electron chi connectivity index (χ4n) is 2.59. The predicted molar refractivity (Wildman–Crippen MR) is 104 cm³/mol. The van der Waals surface area contributed by atoms with Gasteiger partial charge in [0.05, 0.1) is 13.2 Å². The van der Waals surface area contributed by atoms with E-state index >= 15 is 0 Å². The van der Waals surface area contributed by atoms with E-state index in [2.05, 4.69) is 10.2 Å². The molecule has 6 heteroatoms. The molecule has 1 amide bonds. The molecule has 140 valence electrons. The molecule has 5 nitrogen and oxygen atoms in total. The molecule has 0 bridgehead atoms. The van der Waals surface area contributed by atoms with Crippen molar-refractivity contribution in [3.05, 3.63) is 59.1 Å². The summed E-state index contributed by atoms with van der Waals surface area (Å²) in [5.74, 6) is 1.18. The molecule has 2 rings (SSSR count). The van der Waals surface area contributed by atoms with Crippen LogP contribution < -0.4 is 14.8 Å². The third-order valence-electron chi connectivity index (χ3n) is 4.05. The summed E-state index contributed by atoms with van der Waals surface area (Å²) in [6.45, 7) is 2.18. The predicted octanol–water partition coefficient (Wildman–Crippen LogP) is 3.54. The smallest absolute Gasteiger partial charge is 0.260 e. The van der Waals surface area contributed by atoms with Crippen LogP contribution in [0.2, 0.25) is 5.02 Å². The molecule has 0 aliphatic rings. The highest BCUT2D eigenvalue weighted by atomic mass is 35.5. The first-order valence-corrected chi connectivity index (χ1v) is 8.79. The van der Waals surface area contributed by atoms with Crippen molar-refractivity contribution in [2.45, 2.75) is 19.1 Å². The molecule has 2 unspecified atom stereocenters. The lowest BCUT2D eigenvalue weighted by molar-refractivity contribution is -0.127. The van der Waals surface area contributed by atoms with Gasteiger partial charge in [0, 0.05) is 11.6 Å². The summed E-state index contributed by atoms with van der Waals surface area (Å²) in [5.41, 5.74) is 1.07. The Kier molecular flexibility index (Phi) is 7.30. The minimum atomic E-state index is -0.624. The van der Waals surface area contributed by atoms with E-state index in [0.717, 1.165) is 11.3 Å². The molecule has 0 fully saturated rings. The Labute approximate surface area is 159 Å². The first-order valence-electron chi connectivity index (χ1n) is 8.41. The number of likely N-dealkylation sites (N-methyl/N-ethyl adjacent to an activating group) is 1. The molecular formula is C20H25ClN2O3. The lowest BCUT2D eigenvalue weighted by atomic mass is 10.1. The van der Waals surface area contributed by atoms with Gasteiger partial charge >= 0.3 is 0 Å². The summed E-state index contributed by atoms with van der Waals surface area (Å²) < 4.78 is 10.9. The van der Waals surface area contributed by atoms with E-state index in [4.69, 9.17) is 21.1 Å². The van der Waals surface area contributed by atoms with Crippen LogP contribution in [0.4, 0.5) is 0 Å². The summed E-state index contributed by atoms with van der Waals surface area (Å²) in [5, 5.41) is 3.53. The van der Waals surface area contributed by atoms with Gasteiger partial charge in [-0.3, -0.25) is 4.79 Å². The number of hydrogen-bond acceptors (Lipinski definition) is 4. The van der Waals surface area contributed by atoms with E-state index in [9.17, 15) is 4.79 Å². The fourth-order valence-corrected chi connectivity index (χ4v) is 2.77. The van der Waals surface area contributed by atoms with Gasteiger partial charge in [-0.15, -0.1) is 0 Å². The molecule has 0 saturated heterocycles. The van der Waals surface area contributed by atoms with Crippen molar-refractivity contribution in [2.75, 3.05) is 27.7 Å². The SMILES string of the molecule is COc1cccc(C(CNC(=O)C(C)Oc2cccc(Cl)c2)N(C)C)c1. The number of carbonyl (C=O) groups is 1. The Morgan fingerprint density at radius 1 is 1.15 bits per heavy atom. The molecule has 0 aliphatic heterocycles. The second-order valence-electron chi connectivity index (χ2n) is 6.22. The molecule has 2 aromatic rings. The van der Waals surface area contributed by atoms with Crippen molar-refractivity contribution in [3.8, 4) is 11.5 Å². The summed E-state index contributed by atoms with van der Waals surface area (Å²) in [4.78, 5) is 14.5. The van der Waals surface area contributed by atoms with Gasteiger partial charge in [0.1, 0.15) is 11.5 Å². The highest BCUT2D eigenvalue weighted by Gasteiger charge is 2.19. The number of halogens is 1. The van der Waals surface area contributed by atoms with Gasteiger partial charge in [0.25, 0.3) is 5.91 Å². The highest BCUT2D eigenvalue weighted by molar-refractivity contribution is 6.30. The van der Waals surface area contributed by atoms with Gasteiger partial charge in [-0.05, 0) is 56.9 Å². The van der Waals surface area contributed by atoms with Crippen molar-refractivity contribution in [1.82, 2.24) is 10.2 Å². The number of ether oxygens (including phenoxy) is 2. The van der Waals surface area contributed by atoms with E-state index in [1.54, 1.807) is 38.3 Å². The van der Waals surface area contributed by atoms with Crippen molar-refractivity contribution < 1.29 is 14.3 Å². The van der Waals surface area contributed by atoms with Crippen LogP contribution >= 0.6 is 11.6 Å². The third kappa shape index (κ3) is 5.64. The maximum absolute atomic E-state index is 12.4. The fraction of sp³-hybridized carbons (Fsp3) is 0.350. The Morgan fingerprint density at radius 2 is 1.85 bits per heavy atom. The highest BCUT2D eigenvalue weighted by Crippen LogP contribution is 2.22. The first kappa shape index (κ1) is 20.1. The standard InChI is InChI=1S/C20H25ClN2O3/c1-14(26-18-10-6-8-16(21)12-18)20(24)22-13-19(23(2)3)15-7-5-9-17(11-15)25-4/h5-12,14,19H,13H2,1-4H3,(H,22,24). The number of benzene rings is 2. The molecule has 26 heavy (non-hydrogen) atoms. The van der Waals surface area contributed by atoms with Gasteiger partial charge in [-0.2, -0.15) is 0 Å². The van der Waals surface area contributed by atoms with Crippen molar-refractivity contribution in [2.24, 2.45) is 0 Å². The number of hydrogen-bond donors (Lipinski definition) is 1. The Bertz CT molecular complexity index is 737. The van der Waals surface area contributed by atoms with E-state index in [-0.39, 0.29) is 11.9 Å². The monoisotopic (exact) mass is 376 g/mol. The molecular weight excluding hydrogens is 352 g/mol. The normalized spacial score (nSPS) is 13.2. The number of nitrogens with one attached hydrogen (secondary N) is 1. The van der Waals surface area contributed by atoms with E-state index in [1.807, 2.05) is 38.4 Å². The maximum atomic E-state index is 12.4. The lowest BCUT2D eigenvalue weighted by Crippen LogP contribution is -2.41. The van der Waals surface area contributed by atoms with E-state index in [0.29, 0.717) is 17.3 Å². The number of rotatable bonds is 8. The zero-order chi connectivity index (χ0) is 19.1. The van der Waals surface area contributed by atoms with Crippen LogP contribution in [0.25, 0.3) is 0 Å². The molecule has 2 aromatic carbocycles. The summed E-state index contributed by atoms with van der Waals surface area (Å²) in [6.07, 6.45) is -0.624. The van der Waals surface area contributed by atoms with Crippen LogP contribution in [0.3, 0.4) is 0 Å². The summed E-state index contributed by atoms with van der Waals surface area (Å²) >= 11 is 5.94. The second kappa shape index (κ2) is 9.46. The Balaban J connectivity index is 1.98. The molecule has 0 radical (unpaired) electrons. The largest absolute Gasteiger partial charge is 0.497 e. The minimum absolute atomic E-state index is 0.0208. The Hall–Kier alpha value is -2.24. The first-order chi connectivity index (χ1) is 12.4. The zero-order valence-electron chi connectivity index (χ0n) is 15.5. The minimum Gasteiger partial charge on any atom is -0.497 e. The lowest BCUT2D eigenvalue weighted by Gasteiger charge is -2.26. The van der Waals surface area contributed by atoms with Crippen LogP contribution in [0.1, 0.15) is 18.5 Å². The number of amides is 1. The number of methoxy groups -OCH3 is 1. The molecule has 0 heterocycles. The van der Waals surface area contributed by atoms with E-state index < -0.39 is 6.10 Å². The zero-order valence-corrected chi connectivity index (χ0v) is 16.3. The number of carbonyl (C=O) groups excluding carboxylic acids is 1. The van der Waals surface area contributed by atoms with Crippen LogP contribution in [0.5, 0.6) is 11.5 Å². The van der Waals surface area contributed by atoms with Crippen molar-refractivity contribution in [1.29, 1.82) is 0 Å². The molecule has 0 spiro atoms.